The van der Waals surface area contributed by atoms with E-state index in [9.17, 15) is 24.0 Å². The van der Waals surface area contributed by atoms with Gasteiger partial charge in [-0.05, 0) is 110 Å². The standard InChI is InChI=1S/C45H54N4O8S/c1-6-36(7-2)49(26-25-48(3)45(54)57-29-39(50)55-4)28-32-11-10-12-34(27-32)41(51)47-43-40(37-13-8-9-14-38(37)58-43)42(52)46-35-23-19-31(20-24-35)16-15-30-17-21-33(22-18-30)44(53)56-5/h10-12,17-24,27,36H,6-9,13-16,25-26,28-29H2,1-5H3,(H,46,52)(H,47,51). The van der Waals surface area contributed by atoms with Crippen LogP contribution in [0.5, 0.6) is 0 Å². The normalized spacial score (nSPS) is 12.1. The molecule has 1 aliphatic carbocycles. The number of benzene rings is 3. The summed E-state index contributed by atoms with van der Waals surface area (Å²) in [6, 6.07) is 22.9. The largest absolute Gasteiger partial charge is 0.466 e. The van der Waals surface area contributed by atoms with Gasteiger partial charge in [0.25, 0.3) is 11.8 Å². The molecule has 12 nitrogen and oxygen atoms in total. The number of methoxy groups -OCH3 is 2. The molecule has 0 saturated heterocycles. The van der Waals surface area contributed by atoms with Gasteiger partial charge in [-0.1, -0.05) is 50.2 Å². The number of carbonyl (C=O) groups is 5. The minimum atomic E-state index is -0.625. The molecule has 5 rings (SSSR count). The summed E-state index contributed by atoms with van der Waals surface area (Å²) < 4.78 is 14.4. The summed E-state index contributed by atoms with van der Waals surface area (Å²) >= 11 is 1.48. The van der Waals surface area contributed by atoms with Crippen molar-refractivity contribution < 1.29 is 38.2 Å². The maximum Gasteiger partial charge on any atom is 0.410 e. The van der Waals surface area contributed by atoms with Crippen molar-refractivity contribution in [3.63, 3.8) is 0 Å². The third-order valence-electron chi connectivity index (χ3n) is 10.5. The summed E-state index contributed by atoms with van der Waals surface area (Å²) in [5.74, 6) is -1.52. The van der Waals surface area contributed by atoms with Crippen LogP contribution in [0.25, 0.3) is 0 Å². The highest BCUT2D eigenvalue weighted by Gasteiger charge is 2.27. The Balaban J connectivity index is 1.24. The van der Waals surface area contributed by atoms with Crippen LogP contribution in [0, 0.1) is 0 Å². The number of esters is 2. The van der Waals surface area contributed by atoms with E-state index in [1.54, 1.807) is 25.2 Å². The highest BCUT2D eigenvalue weighted by atomic mass is 32.1. The SMILES string of the molecule is CCC(CC)N(CCN(C)C(=O)OCC(=O)OC)Cc1cccc(C(=O)Nc2sc3c(c2C(=O)Nc2ccc(CCc4ccc(C(=O)OC)cc4)cc2)CCCC3)c1. The van der Waals surface area contributed by atoms with Crippen molar-refractivity contribution in [1.29, 1.82) is 0 Å². The molecule has 13 heteroatoms. The number of anilines is 2. The molecule has 1 heterocycles. The van der Waals surface area contributed by atoms with Crippen LogP contribution in [0.15, 0.2) is 72.8 Å². The summed E-state index contributed by atoms with van der Waals surface area (Å²) in [5, 5.41) is 6.73. The number of thiophene rings is 1. The number of carbonyl (C=O) groups excluding carboxylic acids is 5. The first-order valence-electron chi connectivity index (χ1n) is 19.8. The average Bonchev–Trinajstić information content (AvgIpc) is 3.62. The highest BCUT2D eigenvalue weighted by molar-refractivity contribution is 7.17. The Morgan fingerprint density at radius 3 is 2.09 bits per heavy atom. The lowest BCUT2D eigenvalue weighted by Gasteiger charge is -2.32. The molecule has 0 fully saturated rings. The quantitative estimate of drug-likeness (QED) is 0.0757. The van der Waals surface area contributed by atoms with E-state index in [1.165, 1.54) is 30.5 Å². The molecule has 0 unspecified atom stereocenters. The Hall–Kier alpha value is -5.53. The molecule has 0 radical (unpaired) electrons. The fourth-order valence-corrected chi connectivity index (χ4v) is 8.41. The van der Waals surface area contributed by atoms with Crippen LogP contribution in [-0.4, -0.2) is 86.7 Å². The summed E-state index contributed by atoms with van der Waals surface area (Å²) in [7, 11) is 4.23. The number of aryl methyl sites for hydroxylation is 3. The maximum absolute atomic E-state index is 14.0. The maximum atomic E-state index is 14.0. The van der Waals surface area contributed by atoms with Gasteiger partial charge >= 0.3 is 18.0 Å². The van der Waals surface area contributed by atoms with Crippen LogP contribution in [0.4, 0.5) is 15.5 Å². The molecule has 1 aliphatic rings. The third-order valence-corrected chi connectivity index (χ3v) is 11.7. The van der Waals surface area contributed by atoms with Gasteiger partial charge in [-0.25, -0.2) is 14.4 Å². The zero-order valence-corrected chi connectivity index (χ0v) is 34.9. The Morgan fingerprint density at radius 1 is 0.759 bits per heavy atom. The molecule has 1 aromatic heterocycles. The molecular formula is C45H54N4O8S. The number of rotatable bonds is 18. The fourth-order valence-electron chi connectivity index (χ4n) is 7.13. The van der Waals surface area contributed by atoms with Crippen LogP contribution < -0.4 is 10.6 Å². The van der Waals surface area contributed by atoms with Gasteiger partial charge in [0.2, 0.25) is 0 Å². The van der Waals surface area contributed by atoms with Crippen molar-refractivity contribution in [3.05, 3.63) is 117 Å². The molecule has 0 bridgehead atoms. The monoisotopic (exact) mass is 810 g/mol. The molecule has 308 valence electrons. The zero-order valence-electron chi connectivity index (χ0n) is 34.1. The van der Waals surface area contributed by atoms with Crippen molar-refractivity contribution in [2.24, 2.45) is 0 Å². The second kappa shape index (κ2) is 21.3. The first-order valence-corrected chi connectivity index (χ1v) is 20.7. The van der Waals surface area contributed by atoms with E-state index in [2.05, 4.69) is 34.1 Å². The molecule has 2 N–H and O–H groups in total. The van der Waals surface area contributed by atoms with Gasteiger partial charge in [0.15, 0.2) is 6.61 Å². The van der Waals surface area contributed by atoms with E-state index in [1.807, 2.05) is 54.6 Å². The first kappa shape index (κ1) is 43.6. The van der Waals surface area contributed by atoms with E-state index in [0.717, 1.165) is 78.5 Å². The molecule has 0 aliphatic heterocycles. The highest BCUT2D eigenvalue weighted by Crippen LogP contribution is 2.39. The minimum absolute atomic E-state index is 0.241. The second-order valence-corrected chi connectivity index (χ2v) is 15.5. The summed E-state index contributed by atoms with van der Waals surface area (Å²) in [6.07, 6.45) is 6.47. The number of hydrogen-bond donors (Lipinski definition) is 2. The van der Waals surface area contributed by atoms with E-state index >= 15 is 0 Å². The number of hydrogen-bond acceptors (Lipinski definition) is 10. The van der Waals surface area contributed by atoms with Gasteiger partial charge in [0.05, 0.1) is 25.3 Å². The third kappa shape index (κ3) is 11.8. The summed E-state index contributed by atoms with van der Waals surface area (Å²) in [5.41, 5.74) is 6.37. The predicted octanol–water partition coefficient (Wildman–Crippen LogP) is 7.94. The lowest BCUT2D eigenvalue weighted by molar-refractivity contribution is -0.144. The lowest BCUT2D eigenvalue weighted by atomic mass is 9.95. The van der Waals surface area contributed by atoms with Crippen LogP contribution >= 0.6 is 11.3 Å². The zero-order chi connectivity index (χ0) is 41.6. The van der Waals surface area contributed by atoms with E-state index in [-0.39, 0.29) is 23.8 Å². The molecule has 0 spiro atoms. The topological polar surface area (TPSA) is 144 Å². The smallest absolute Gasteiger partial charge is 0.410 e. The van der Waals surface area contributed by atoms with Gasteiger partial charge in [-0.2, -0.15) is 0 Å². The molecule has 3 aromatic carbocycles. The second-order valence-electron chi connectivity index (χ2n) is 14.4. The number of fused-ring (bicyclic) bond motifs is 1. The average molecular weight is 811 g/mol. The van der Waals surface area contributed by atoms with Crippen LogP contribution in [0.1, 0.15) is 97.7 Å². The summed E-state index contributed by atoms with van der Waals surface area (Å²) in [6.45, 7) is 5.30. The van der Waals surface area contributed by atoms with Gasteiger partial charge < -0.3 is 29.7 Å². The first-order chi connectivity index (χ1) is 28.0. The Kier molecular flexibility index (Phi) is 16.0. The van der Waals surface area contributed by atoms with Gasteiger partial charge in [-0.15, -0.1) is 11.3 Å². The Labute approximate surface area is 344 Å². The van der Waals surface area contributed by atoms with Crippen molar-refractivity contribution in [2.45, 2.75) is 77.8 Å². The lowest BCUT2D eigenvalue weighted by Crippen LogP contribution is -2.41. The molecule has 4 aromatic rings. The minimum Gasteiger partial charge on any atom is -0.466 e. The van der Waals surface area contributed by atoms with E-state index in [4.69, 9.17) is 9.47 Å². The molecule has 3 amide bonds. The molecule has 0 saturated carbocycles. The van der Waals surface area contributed by atoms with Crippen molar-refractivity contribution in [2.75, 3.05) is 51.6 Å². The van der Waals surface area contributed by atoms with Gasteiger partial charge in [0.1, 0.15) is 5.00 Å². The van der Waals surface area contributed by atoms with E-state index < -0.39 is 18.7 Å². The van der Waals surface area contributed by atoms with Crippen molar-refractivity contribution in [3.8, 4) is 0 Å². The Bertz CT molecular complexity index is 2040. The van der Waals surface area contributed by atoms with Gasteiger partial charge in [-0.3, -0.25) is 14.5 Å². The van der Waals surface area contributed by atoms with Gasteiger partial charge in [0, 0.05) is 48.9 Å². The van der Waals surface area contributed by atoms with Crippen LogP contribution in [0.2, 0.25) is 0 Å². The number of ether oxygens (including phenoxy) is 3. The number of nitrogens with zero attached hydrogens (tertiary/aromatic N) is 2. The molecular weight excluding hydrogens is 757 g/mol. The molecule has 58 heavy (non-hydrogen) atoms. The number of nitrogens with one attached hydrogen (secondary N) is 2. The number of amides is 3. The van der Waals surface area contributed by atoms with Crippen molar-refractivity contribution >= 4 is 51.9 Å². The van der Waals surface area contributed by atoms with Crippen LogP contribution in [-0.2, 0) is 51.2 Å². The summed E-state index contributed by atoms with van der Waals surface area (Å²) in [4.78, 5) is 68.3. The Morgan fingerprint density at radius 2 is 1.43 bits per heavy atom. The van der Waals surface area contributed by atoms with Crippen molar-refractivity contribution in [1.82, 2.24) is 9.80 Å². The molecule has 0 atom stereocenters. The number of likely N-dealkylation sites (N-methyl/N-ethyl adjacent to an activating group) is 1. The predicted molar refractivity (Wildman–Crippen MR) is 226 cm³/mol. The fraction of sp³-hybridized carbons (Fsp3) is 0.400. The van der Waals surface area contributed by atoms with E-state index in [0.29, 0.717) is 47.0 Å². The van der Waals surface area contributed by atoms with Crippen LogP contribution in [0.3, 0.4) is 0 Å².